The van der Waals surface area contributed by atoms with Gasteiger partial charge < -0.3 is 19.5 Å². The van der Waals surface area contributed by atoms with E-state index in [1.807, 2.05) is 67.1 Å². The summed E-state index contributed by atoms with van der Waals surface area (Å²) < 4.78 is 7.70. The Kier molecular flexibility index (Phi) is 6.45. The van der Waals surface area contributed by atoms with E-state index in [0.717, 1.165) is 17.9 Å². The number of rotatable bonds is 6. The van der Waals surface area contributed by atoms with Gasteiger partial charge in [0.2, 0.25) is 0 Å². The number of benzene rings is 1. The van der Waals surface area contributed by atoms with Crippen LogP contribution in [0.15, 0.2) is 73.2 Å². The van der Waals surface area contributed by atoms with Gasteiger partial charge in [0.1, 0.15) is 5.75 Å². The second-order valence-electron chi connectivity index (χ2n) is 8.58. The number of methoxy groups -OCH3 is 1. The summed E-state index contributed by atoms with van der Waals surface area (Å²) in [5.74, 6) is 0.627. The van der Waals surface area contributed by atoms with Crippen molar-refractivity contribution in [1.82, 2.24) is 19.9 Å². The van der Waals surface area contributed by atoms with E-state index >= 15 is 0 Å². The molecule has 4 heterocycles. The highest BCUT2D eigenvalue weighted by Gasteiger charge is 2.42. The molecule has 2 atom stereocenters. The van der Waals surface area contributed by atoms with E-state index in [4.69, 9.17) is 28.6 Å². The summed E-state index contributed by atoms with van der Waals surface area (Å²) >= 11 is 12.4. The van der Waals surface area contributed by atoms with Crippen LogP contribution in [0.4, 0.5) is 5.69 Å². The number of hydrogen-bond donors (Lipinski definition) is 1. The Labute approximate surface area is 215 Å². The molecular weight excluding hydrogens is 478 g/mol. The zero-order valence-corrected chi connectivity index (χ0v) is 21.3. The first-order valence-electron chi connectivity index (χ1n) is 11.4. The number of thiocarbonyl (C=S) groups is 1. The Bertz CT molecular complexity index is 1360. The van der Waals surface area contributed by atoms with E-state index in [0.29, 0.717) is 15.9 Å². The molecular formula is C27H26ClN5OS. The number of nitrogens with one attached hydrogen (secondary N) is 1. The second kappa shape index (κ2) is 9.68. The van der Waals surface area contributed by atoms with E-state index in [1.165, 1.54) is 22.5 Å². The molecule has 0 amide bonds. The maximum absolute atomic E-state index is 6.52. The first kappa shape index (κ1) is 23.3. The average molecular weight is 504 g/mol. The van der Waals surface area contributed by atoms with E-state index in [9.17, 15) is 0 Å². The van der Waals surface area contributed by atoms with Gasteiger partial charge >= 0.3 is 0 Å². The van der Waals surface area contributed by atoms with Crippen LogP contribution in [0.1, 0.15) is 40.3 Å². The summed E-state index contributed by atoms with van der Waals surface area (Å²) in [5, 5.41) is 4.69. The quantitative estimate of drug-likeness (QED) is 0.336. The number of ether oxygens (including phenoxy) is 1. The van der Waals surface area contributed by atoms with Crippen LogP contribution in [-0.2, 0) is 6.54 Å². The predicted octanol–water partition coefficient (Wildman–Crippen LogP) is 5.78. The van der Waals surface area contributed by atoms with Gasteiger partial charge in [-0.2, -0.15) is 0 Å². The third-order valence-electron chi connectivity index (χ3n) is 6.53. The molecule has 1 fully saturated rings. The molecule has 0 radical (unpaired) electrons. The molecule has 3 aromatic heterocycles. The molecule has 0 unspecified atom stereocenters. The minimum Gasteiger partial charge on any atom is -0.495 e. The number of hydrogen-bond acceptors (Lipinski definition) is 4. The van der Waals surface area contributed by atoms with Gasteiger partial charge in [0.05, 0.1) is 29.9 Å². The molecule has 1 aliphatic heterocycles. The van der Waals surface area contributed by atoms with Crippen LogP contribution in [0.3, 0.4) is 0 Å². The van der Waals surface area contributed by atoms with Crippen LogP contribution in [0.2, 0.25) is 5.02 Å². The highest BCUT2D eigenvalue weighted by Crippen LogP contribution is 2.44. The average Bonchev–Trinajstić information content (AvgIpc) is 3.36. The fourth-order valence-electron chi connectivity index (χ4n) is 4.80. The summed E-state index contributed by atoms with van der Waals surface area (Å²) in [4.78, 5) is 10.9. The highest BCUT2D eigenvalue weighted by atomic mass is 35.5. The second-order valence-corrected chi connectivity index (χ2v) is 9.38. The number of pyridine rings is 2. The van der Waals surface area contributed by atoms with Crippen molar-refractivity contribution in [3.8, 4) is 5.75 Å². The summed E-state index contributed by atoms with van der Waals surface area (Å²) in [5.41, 5.74) is 6.58. The lowest BCUT2D eigenvalue weighted by Gasteiger charge is -2.28. The lowest BCUT2D eigenvalue weighted by Crippen LogP contribution is -2.29. The van der Waals surface area contributed by atoms with Gasteiger partial charge in [-0.05, 0) is 85.7 Å². The molecule has 0 spiro atoms. The topological polar surface area (TPSA) is 55.2 Å². The first-order chi connectivity index (χ1) is 17.0. The summed E-state index contributed by atoms with van der Waals surface area (Å²) in [6.07, 6.45) is 5.47. The van der Waals surface area contributed by atoms with Crippen molar-refractivity contribution in [2.24, 2.45) is 0 Å². The molecule has 1 saturated heterocycles. The Morgan fingerprint density at radius 3 is 2.54 bits per heavy atom. The molecule has 35 heavy (non-hydrogen) atoms. The maximum atomic E-state index is 6.52. The van der Waals surface area contributed by atoms with Crippen molar-refractivity contribution in [2.45, 2.75) is 32.5 Å². The van der Waals surface area contributed by atoms with Crippen molar-refractivity contribution in [3.05, 3.63) is 106 Å². The fourth-order valence-corrected chi connectivity index (χ4v) is 5.39. The van der Waals surface area contributed by atoms with Gasteiger partial charge in [0, 0.05) is 42.2 Å². The van der Waals surface area contributed by atoms with Gasteiger partial charge in [-0.3, -0.25) is 9.97 Å². The van der Waals surface area contributed by atoms with Crippen LogP contribution in [-0.4, -0.2) is 26.8 Å². The lowest BCUT2D eigenvalue weighted by molar-refractivity contribution is 0.415. The van der Waals surface area contributed by atoms with Crippen LogP contribution >= 0.6 is 23.8 Å². The van der Waals surface area contributed by atoms with E-state index in [-0.39, 0.29) is 12.1 Å². The third-order valence-corrected chi connectivity index (χ3v) is 7.14. The molecule has 6 nitrogen and oxygen atoms in total. The molecule has 1 aromatic carbocycles. The Balaban J connectivity index is 1.62. The number of aryl methyl sites for hydroxylation is 1. The Morgan fingerprint density at radius 1 is 1.06 bits per heavy atom. The van der Waals surface area contributed by atoms with Gasteiger partial charge in [-0.1, -0.05) is 17.7 Å². The van der Waals surface area contributed by atoms with E-state index in [2.05, 4.69) is 44.7 Å². The normalized spacial score (nSPS) is 17.5. The zero-order valence-electron chi connectivity index (χ0n) is 19.8. The van der Waals surface area contributed by atoms with Gasteiger partial charge in [0.15, 0.2) is 5.11 Å². The highest BCUT2D eigenvalue weighted by molar-refractivity contribution is 7.80. The number of anilines is 1. The van der Waals surface area contributed by atoms with Crippen LogP contribution in [0.5, 0.6) is 5.75 Å². The zero-order chi connectivity index (χ0) is 24.5. The molecule has 0 saturated carbocycles. The van der Waals surface area contributed by atoms with Gasteiger partial charge in [-0.25, -0.2) is 0 Å². The monoisotopic (exact) mass is 503 g/mol. The van der Waals surface area contributed by atoms with E-state index < -0.39 is 0 Å². The number of nitrogens with zero attached hydrogens (tertiary/aromatic N) is 4. The van der Waals surface area contributed by atoms with Crippen molar-refractivity contribution in [2.75, 3.05) is 12.0 Å². The van der Waals surface area contributed by atoms with Gasteiger partial charge in [0.25, 0.3) is 0 Å². The van der Waals surface area contributed by atoms with Crippen LogP contribution in [0.25, 0.3) is 0 Å². The molecule has 0 bridgehead atoms. The first-order valence-corrected chi connectivity index (χ1v) is 12.2. The fraction of sp³-hybridized carbons (Fsp3) is 0.222. The lowest BCUT2D eigenvalue weighted by atomic mass is 9.96. The Hall–Kier alpha value is -3.42. The largest absolute Gasteiger partial charge is 0.495 e. The minimum atomic E-state index is -0.126. The van der Waals surface area contributed by atoms with Crippen molar-refractivity contribution in [3.63, 3.8) is 0 Å². The van der Waals surface area contributed by atoms with Crippen molar-refractivity contribution < 1.29 is 4.74 Å². The molecule has 178 valence electrons. The van der Waals surface area contributed by atoms with Crippen molar-refractivity contribution >= 4 is 34.6 Å². The predicted molar refractivity (Wildman–Crippen MR) is 143 cm³/mol. The van der Waals surface area contributed by atoms with Gasteiger partial charge in [-0.15, -0.1) is 0 Å². The summed E-state index contributed by atoms with van der Waals surface area (Å²) in [7, 11) is 1.61. The molecule has 5 rings (SSSR count). The SMILES string of the molecule is COc1ccc(N2C(=S)N[C@@H](c3ccccn3)[C@H]2c2cc(C)n(Cc3ccncc3)c2C)cc1Cl. The molecule has 4 aromatic rings. The standard InChI is InChI=1S/C27H26ClN5OS/c1-17-14-21(18(2)32(17)16-19-9-12-29-13-10-19)26-25(23-6-4-5-11-30-23)31-27(35)33(26)20-7-8-24(34-3)22(28)15-20/h4-15,25-26H,16H2,1-3H3,(H,31,35)/t25-,26+/m0/s1. The maximum Gasteiger partial charge on any atom is 0.174 e. The number of halogens is 1. The number of aromatic nitrogens is 3. The molecule has 1 aliphatic rings. The van der Waals surface area contributed by atoms with Crippen LogP contribution < -0.4 is 15.0 Å². The molecule has 1 N–H and O–H groups in total. The minimum absolute atomic E-state index is 0.112. The third kappa shape index (κ3) is 4.37. The van der Waals surface area contributed by atoms with Crippen LogP contribution in [0, 0.1) is 13.8 Å². The molecule has 8 heteroatoms. The van der Waals surface area contributed by atoms with Crippen molar-refractivity contribution in [1.29, 1.82) is 0 Å². The molecule has 0 aliphatic carbocycles. The summed E-state index contributed by atoms with van der Waals surface area (Å²) in [6, 6.07) is 17.8. The smallest absolute Gasteiger partial charge is 0.174 e. The van der Waals surface area contributed by atoms with E-state index in [1.54, 1.807) is 7.11 Å². The summed E-state index contributed by atoms with van der Waals surface area (Å²) in [6.45, 7) is 5.08. The Morgan fingerprint density at radius 2 is 1.86 bits per heavy atom.